The number of hydrogen-bond acceptors (Lipinski definition) is 9. The number of halogens is 2. The number of nitrogens with zero attached hydrogens (tertiary/aromatic N) is 4. The first-order valence-corrected chi connectivity index (χ1v) is 20.4. The summed E-state index contributed by atoms with van der Waals surface area (Å²) in [6.07, 6.45) is 3.71. The quantitative estimate of drug-likeness (QED) is 0.0255. The van der Waals surface area contributed by atoms with Crippen LogP contribution in [-0.2, 0) is 4.84 Å². The third-order valence-corrected chi connectivity index (χ3v) is 8.94. The summed E-state index contributed by atoms with van der Waals surface area (Å²) in [7, 11) is 1.47. The van der Waals surface area contributed by atoms with Crippen molar-refractivity contribution in [3.8, 4) is 0 Å². The van der Waals surface area contributed by atoms with Gasteiger partial charge in [-0.3, -0.25) is 15.8 Å². The summed E-state index contributed by atoms with van der Waals surface area (Å²) in [5.41, 5.74) is 36.2. The highest BCUT2D eigenvalue weighted by Gasteiger charge is 2.04. The lowest BCUT2D eigenvalue weighted by Crippen LogP contribution is -2.15. The standard InChI is InChI=1S/C10H9N.C9H12N2O.2C8H9FN2.C8H11N3.C8H10N2O/c1-8-2-3-9-4-5-11-7-10(9)6-8;1-7-4-3-5-8(6-7)9(10)11-12-2;1-5-2-6(8(10)11)4-7(9)3-5;1-5-2-3-7(9)6(4-5)8(10)11;1-6-3-2-4-7(5-6)8(9)11-10;1-6-3-2-4-7(5-6)8(9)10-11/h2-7H,1H3;3-6H,1-2H3,(H2,10,11);2*2-4H,1H3,(H3,10,11);2-5H,10H2,1H3,(H2,9,11);2-5,11H,1H3,(H2,9,10). The van der Waals surface area contributed by atoms with E-state index in [0.717, 1.165) is 44.5 Å². The van der Waals surface area contributed by atoms with Gasteiger partial charge in [-0.25, -0.2) is 8.78 Å². The van der Waals surface area contributed by atoms with Crippen molar-refractivity contribution < 1.29 is 18.8 Å². The van der Waals surface area contributed by atoms with Crippen LogP contribution in [0.25, 0.3) is 10.8 Å². The maximum atomic E-state index is 12.8. The van der Waals surface area contributed by atoms with Gasteiger partial charge in [-0.15, -0.1) is 0 Å². The molecule has 0 atom stereocenters. The molecule has 350 valence electrons. The first-order valence-electron chi connectivity index (χ1n) is 20.4. The van der Waals surface area contributed by atoms with Crippen molar-refractivity contribution >= 4 is 40.0 Å². The molecule has 0 saturated heterocycles. The Balaban J connectivity index is 0.000000276. The van der Waals surface area contributed by atoms with Gasteiger partial charge in [0.15, 0.2) is 11.7 Å². The summed E-state index contributed by atoms with van der Waals surface area (Å²) in [4.78, 5) is 8.61. The van der Waals surface area contributed by atoms with Gasteiger partial charge in [0.2, 0.25) is 0 Å². The molecular formula is C51H60F2N12O2. The highest BCUT2D eigenvalue weighted by atomic mass is 19.1. The summed E-state index contributed by atoms with van der Waals surface area (Å²) in [5, 5.41) is 34.8. The Labute approximate surface area is 390 Å². The van der Waals surface area contributed by atoms with Crippen LogP contribution in [0.2, 0.25) is 0 Å². The van der Waals surface area contributed by atoms with Crippen molar-refractivity contribution in [3.05, 3.63) is 219 Å². The van der Waals surface area contributed by atoms with Gasteiger partial charge in [0.1, 0.15) is 36.3 Å². The van der Waals surface area contributed by atoms with Crippen LogP contribution in [0.3, 0.4) is 0 Å². The van der Waals surface area contributed by atoms with Crippen molar-refractivity contribution in [3.63, 3.8) is 0 Å². The van der Waals surface area contributed by atoms with Crippen LogP contribution >= 0.6 is 0 Å². The molecule has 0 radical (unpaired) electrons. The first-order chi connectivity index (χ1) is 31.8. The van der Waals surface area contributed by atoms with Crippen LogP contribution in [-0.4, -0.2) is 46.5 Å². The lowest BCUT2D eigenvalue weighted by molar-refractivity contribution is 0.213. The molecule has 0 fully saturated rings. The number of aromatic nitrogens is 1. The topological polar surface area (TPSA) is 283 Å². The third-order valence-electron chi connectivity index (χ3n) is 8.94. The number of nitrogens with one attached hydrogen (secondary N) is 2. The summed E-state index contributed by atoms with van der Waals surface area (Å²) in [6, 6.07) is 40.2. The molecule has 0 unspecified atom stereocenters. The van der Waals surface area contributed by atoms with E-state index in [1.807, 2.05) is 113 Å². The number of amidine groups is 5. The van der Waals surface area contributed by atoms with Crippen LogP contribution in [0.15, 0.2) is 161 Å². The third kappa shape index (κ3) is 20.2. The lowest BCUT2D eigenvalue weighted by Gasteiger charge is -2.00. The average Bonchev–Trinajstić information content (AvgIpc) is 3.30. The van der Waals surface area contributed by atoms with Crippen LogP contribution in [0.1, 0.15) is 61.2 Å². The maximum absolute atomic E-state index is 12.8. The zero-order valence-corrected chi connectivity index (χ0v) is 38.7. The molecule has 1 heterocycles. The molecule has 0 amide bonds. The summed E-state index contributed by atoms with van der Waals surface area (Å²) < 4.78 is 25.4. The number of oxime groups is 2. The maximum Gasteiger partial charge on any atom is 0.170 e. The van der Waals surface area contributed by atoms with E-state index in [0.29, 0.717) is 17.2 Å². The minimum atomic E-state index is -0.442. The molecule has 7 aromatic rings. The van der Waals surface area contributed by atoms with E-state index in [1.165, 1.54) is 41.6 Å². The summed E-state index contributed by atoms with van der Waals surface area (Å²) in [5.74, 6) is 4.81. The molecule has 6 aromatic carbocycles. The van der Waals surface area contributed by atoms with E-state index in [1.54, 1.807) is 31.2 Å². The van der Waals surface area contributed by atoms with Crippen molar-refractivity contribution in [2.45, 2.75) is 41.5 Å². The number of rotatable bonds is 6. The van der Waals surface area contributed by atoms with E-state index in [4.69, 9.17) is 50.5 Å². The molecule has 67 heavy (non-hydrogen) atoms. The molecule has 0 saturated carbocycles. The molecule has 0 bridgehead atoms. The molecule has 15 N–H and O–H groups in total. The van der Waals surface area contributed by atoms with Crippen LogP contribution in [0, 0.1) is 64.0 Å². The Hall–Kier alpha value is -8.66. The summed E-state index contributed by atoms with van der Waals surface area (Å²) >= 11 is 0. The van der Waals surface area contributed by atoms with E-state index in [9.17, 15) is 8.78 Å². The smallest absolute Gasteiger partial charge is 0.170 e. The predicted molar refractivity (Wildman–Crippen MR) is 269 cm³/mol. The van der Waals surface area contributed by atoms with Gasteiger partial charge in [0.25, 0.3) is 0 Å². The predicted octanol–water partition coefficient (Wildman–Crippen LogP) is 8.30. The van der Waals surface area contributed by atoms with E-state index in [2.05, 4.69) is 50.4 Å². The minimum Gasteiger partial charge on any atom is -0.409 e. The first kappa shape index (κ1) is 54.5. The Morgan fingerprint density at radius 1 is 0.537 bits per heavy atom. The van der Waals surface area contributed by atoms with Gasteiger partial charge < -0.3 is 44.6 Å². The lowest BCUT2D eigenvalue weighted by atomic mass is 10.1. The SMILES string of the molecule is CON=C(N)c1cccc(C)c1.Cc1cc(F)cc(C(=N)N)c1.Cc1ccc(F)c(C(=N)N)c1.Cc1ccc2ccncc2c1.Cc1cccc(C(N)=NN)c1.Cc1cccc(C(N)=NO)c1. The zero-order chi connectivity index (χ0) is 50.1. The molecule has 0 aliphatic heterocycles. The number of hydrazone groups is 1. The van der Waals surface area contributed by atoms with E-state index in [-0.39, 0.29) is 28.9 Å². The van der Waals surface area contributed by atoms with Gasteiger partial charge >= 0.3 is 0 Å². The number of nitrogens with two attached hydrogens (primary N) is 6. The number of fused-ring (bicyclic) bond motifs is 1. The average molecular weight is 911 g/mol. The molecule has 0 aliphatic carbocycles. The monoisotopic (exact) mass is 910 g/mol. The highest BCUT2D eigenvalue weighted by molar-refractivity contribution is 5.98. The second kappa shape index (κ2) is 28.2. The van der Waals surface area contributed by atoms with Gasteiger partial charge in [0.05, 0.1) is 5.56 Å². The molecule has 14 nitrogen and oxygen atoms in total. The largest absolute Gasteiger partial charge is 0.409 e. The van der Waals surface area contributed by atoms with Crippen LogP contribution in [0.4, 0.5) is 8.78 Å². The van der Waals surface area contributed by atoms with Gasteiger partial charge in [0, 0.05) is 40.0 Å². The van der Waals surface area contributed by atoms with Crippen molar-refractivity contribution in [1.29, 1.82) is 10.8 Å². The molecule has 16 heteroatoms. The van der Waals surface area contributed by atoms with Gasteiger partial charge in [-0.1, -0.05) is 111 Å². The number of nitrogen functional groups attached to an aromatic ring is 2. The number of aryl methyl sites for hydroxylation is 6. The summed E-state index contributed by atoms with van der Waals surface area (Å²) in [6.45, 7) is 11.6. The minimum absolute atomic E-state index is 0.104. The Morgan fingerprint density at radius 2 is 1.03 bits per heavy atom. The second-order valence-corrected chi connectivity index (χ2v) is 14.8. The van der Waals surface area contributed by atoms with Gasteiger partial charge in [-0.2, -0.15) is 5.10 Å². The Kier molecular flexibility index (Phi) is 22.9. The normalized spacial score (nSPS) is 10.7. The number of benzene rings is 6. The molecule has 7 rings (SSSR count). The van der Waals surface area contributed by atoms with Crippen LogP contribution < -0.4 is 34.5 Å². The Morgan fingerprint density at radius 3 is 1.49 bits per heavy atom. The van der Waals surface area contributed by atoms with E-state index >= 15 is 0 Å². The number of pyridine rings is 1. The molecule has 0 aliphatic rings. The molecule has 0 spiro atoms. The van der Waals surface area contributed by atoms with Crippen molar-refractivity contribution in [2.75, 3.05) is 7.11 Å². The zero-order valence-electron chi connectivity index (χ0n) is 38.7. The Bertz CT molecular complexity index is 2730. The molecule has 1 aromatic heterocycles. The second-order valence-electron chi connectivity index (χ2n) is 14.8. The number of hydrogen-bond donors (Lipinski definition) is 9. The fraction of sp³-hybridized carbons (Fsp3) is 0.137. The highest BCUT2D eigenvalue weighted by Crippen LogP contribution is 2.13. The van der Waals surface area contributed by atoms with Crippen molar-refractivity contribution in [2.24, 2.45) is 49.9 Å². The fourth-order valence-electron chi connectivity index (χ4n) is 5.64. The van der Waals surface area contributed by atoms with Gasteiger partial charge in [-0.05, 0) is 113 Å². The van der Waals surface area contributed by atoms with Crippen LogP contribution in [0.5, 0.6) is 0 Å². The fourth-order valence-corrected chi connectivity index (χ4v) is 5.64. The van der Waals surface area contributed by atoms with Crippen molar-refractivity contribution in [1.82, 2.24) is 4.98 Å². The van der Waals surface area contributed by atoms with E-state index < -0.39 is 5.82 Å². The molecular weight excluding hydrogens is 851 g/mol.